The highest BCUT2D eigenvalue weighted by molar-refractivity contribution is 8.16. The summed E-state index contributed by atoms with van der Waals surface area (Å²) >= 11 is 1.49. The molecule has 1 N–H and O–H groups in total. The second-order valence-electron chi connectivity index (χ2n) is 9.64. The fourth-order valence-electron chi connectivity index (χ4n) is 4.88. The highest BCUT2D eigenvalue weighted by Crippen LogP contribution is 2.44. The monoisotopic (exact) mass is 496 g/mol. The minimum atomic E-state index is -0.398. The van der Waals surface area contributed by atoms with E-state index in [4.69, 9.17) is 9.73 Å². The smallest absolute Gasteiger partial charge is 0.338 e. The highest BCUT2D eigenvalue weighted by Gasteiger charge is 2.41. The Balaban J connectivity index is 1.52. The number of carbonyl (C=O) groups is 2. The second-order valence-corrected chi connectivity index (χ2v) is 10.5. The number of esters is 1. The Morgan fingerprint density at radius 1 is 1.17 bits per heavy atom. The number of ether oxygens (including phenoxy) is 1. The van der Waals surface area contributed by atoms with Crippen molar-refractivity contribution in [2.24, 2.45) is 4.99 Å². The van der Waals surface area contributed by atoms with Crippen LogP contribution >= 0.6 is 11.8 Å². The van der Waals surface area contributed by atoms with Crippen LogP contribution in [0.5, 0.6) is 0 Å². The van der Waals surface area contributed by atoms with Crippen LogP contribution in [-0.2, 0) is 14.3 Å². The van der Waals surface area contributed by atoms with Crippen molar-refractivity contribution in [3.8, 4) is 0 Å². The molecule has 188 valence electrons. The molecule has 0 unspecified atom stereocenters. The number of benzene rings is 1. The van der Waals surface area contributed by atoms with Crippen LogP contribution in [0.25, 0.3) is 0 Å². The van der Waals surface area contributed by atoms with Gasteiger partial charge in [0.15, 0.2) is 5.17 Å². The van der Waals surface area contributed by atoms with E-state index in [9.17, 15) is 9.59 Å². The van der Waals surface area contributed by atoms with E-state index in [2.05, 4.69) is 48.3 Å². The van der Waals surface area contributed by atoms with E-state index in [0.29, 0.717) is 23.7 Å². The molecule has 0 saturated carbocycles. The fraction of sp³-hybridized carbons (Fsp3) is 0.519. The Morgan fingerprint density at radius 2 is 1.89 bits per heavy atom. The molecule has 0 radical (unpaired) electrons. The number of methoxy groups -OCH3 is 1. The maximum Gasteiger partial charge on any atom is 0.338 e. The first-order valence-corrected chi connectivity index (χ1v) is 13.4. The third kappa shape index (κ3) is 5.81. The van der Waals surface area contributed by atoms with Gasteiger partial charge in [0.2, 0.25) is 5.91 Å². The molecule has 1 saturated heterocycles. The van der Waals surface area contributed by atoms with E-state index >= 15 is 0 Å². The normalized spacial score (nSPS) is 20.5. The number of piperidine rings is 1. The number of amides is 1. The van der Waals surface area contributed by atoms with Crippen LogP contribution in [0.1, 0.15) is 69.5 Å². The third-order valence-corrected chi connectivity index (χ3v) is 7.75. The van der Waals surface area contributed by atoms with Gasteiger partial charge >= 0.3 is 5.97 Å². The summed E-state index contributed by atoms with van der Waals surface area (Å²) in [6.45, 7) is 9.92. The minimum absolute atomic E-state index is 0.0186. The quantitative estimate of drug-likeness (QED) is 0.532. The van der Waals surface area contributed by atoms with Gasteiger partial charge in [-0.25, -0.2) is 9.79 Å². The molecule has 3 aliphatic rings. The first-order chi connectivity index (χ1) is 16.9. The van der Waals surface area contributed by atoms with E-state index in [1.54, 1.807) is 0 Å². The van der Waals surface area contributed by atoms with Crippen LogP contribution < -0.4 is 5.32 Å². The van der Waals surface area contributed by atoms with Crippen molar-refractivity contribution in [1.29, 1.82) is 0 Å². The van der Waals surface area contributed by atoms with Gasteiger partial charge in [-0.3, -0.25) is 4.79 Å². The van der Waals surface area contributed by atoms with Crippen molar-refractivity contribution in [3.05, 3.63) is 57.8 Å². The Hall–Kier alpha value is -2.58. The van der Waals surface area contributed by atoms with E-state index in [-0.39, 0.29) is 12.3 Å². The first kappa shape index (κ1) is 25.5. The van der Waals surface area contributed by atoms with Crippen molar-refractivity contribution in [3.63, 3.8) is 0 Å². The van der Waals surface area contributed by atoms with Crippen LogP contribution in [0.4, 0.5) is 0 Å². The zero-order valence-corrected chi connectivity index (χ0v) is 22.0. The molecule has 7 nitrogen and oxygen atoms in total. The SMILES string of the molecule is COC(=O)C1=C(C)N=C2SC=C(CC(=O)NCCN3CCCCC3)N2[C@H]1c1ccc(C(C)C)cc1. The number of aliphatic imine (C=N–C) groups is 1. The Kier molecular flexibility index (Phi) is 8.34. The Labute approximate surface area is 212 Å². The predicted octanol–water partition coefficient (Wildman–Crippen LogP) is 4.55. The Morgan fingerprint density at radius 3 is 2.54 bits per heavy atom. The van der Waals surface area contributed by atoms with Crippen molar-refractivity contribution >= 4 is 28.8 Å². The summed E-state index contributed by atoms with van der Waals surface area (Å²) < 4.78 is 5.15. The summed E-state index contributed by atoms with van der Waals surface area (Å²) in [5, 5.41) is 5.84. The summed E-state index contributed by atoms with van der Waals surface area (Å²) in [6.07, 6.45) is 4.02. The van der Waals surface area contributed by atoms with Crippen LogP contribution in [0, 0.1) is 0 Å². The topological polar surface area (TPSA) is 74.2 Å². The molecular formula is C27H36N4O3S. The number of allylic oxidation sites excluding steroid dienone is 1. The average molecular weight is 497 g/mol. The number of thioether (sulfide) groups is 1. The number of fused-ring (bicyclic) bond motifs is 1. The molecule has 0 bridgehead atoms. The molecule has 3 heterocycles. The van der Waals surface area contributed by atoms with Gasteiger partial charge in [0.05, 0.1) is 30.8 Å². The van der Waals surface area contributed by atoms with Crippen LogP contribution in [0.15, 0.2) is 51.6 Å². The summed E-state index contributed by atoms with van der Waals surface area (Å²) in [7, 11) is 1.39. The van der Waals surface area contributed by atoms with Crippen molar-refractivity contribution in [2.75, 3.05) is 33.3 Å². The van der Waals surface area contributed by atoms with Crippen molar-refractivity contribution < 1.29 is 14.3 Å². The fourth-order valence-corrected chi connectivity index (χ4v) is 5.85. The lowest BCUT2D eigenvalue weighted by molar-refractivity contribution is -0.136. The first-order valence-electron chi connectivity index (χ1n) is 12.5. The van der Waals surface area contributed by atoms with Crippen molar-refractivity contribution in [2.45, 2.75) is 58.4 Å². The molecule has 1 atom stereocenters. The molecular weight excluding hydrogens is 460 g/mol. The molecule has 8 heteroatoms. The molecule has 0 spiro atoms. The van der Waals surface area contributed by atoms with Crippen LogP contribution in [0.3, 0.4) is 0 Å². The lowest BCUT2D eigenvalue weighted by Crippen LogP contribution is -2.39. The zero-order valence-electron chi connectivity index (χ0n) is 21.2. The lowest BCUT2D eigenvalue weighted by Gasteiger charge is -2.36. The third-order valence-electron chi connectivity index (χ3n) is 6.87. The average Bonchev–Trinajstić information content (AvgIpc) is 3.25. The number of hydrogen-bond acceptors (Lipinski definition) is 7. The molecule has 0 aliphatic carbocycles. The number of hydrogen-bond donors (Lipinski definition) is 1. The maximum absolute atomic E-state index is 12.9. The summed E-state index contributed by atoms with van der Waals surface area (Å²) in [6, 6.07) is 7.96. The molecule has 1 fully saturated rings. The van der Waals surface area contributed by atoms with Gasteiger partial charge in [-0.1, -0.05) is 56.3 Å². The summed E-state index contributed by atoms with van der Waals surface area (Å²) in [5.74, 6) is -0.00306. The molecule has 0 aromatic heterocycles. The molecule has 3 aliphatic heterocycles. The van der Waals surface area contributed by atoms with Crippen LogP contribution in [0.2, 0.25) is 0 Å². The predicted molar refractivity (Wildman–Crippen MR) is 141 cm³/mol. The Bertz CT molecular complexity index is 1040. The largest absolute Gasteiger partial charge is 0.466 e. The maximum atomic E-state index is 12.9. The van der Waals surface area contributed by atoms with Gasteiger partial charge in [0.1, 0.15) is 0 Å². The summed E-state index contributed by atoms with van der Waals surface area (Å²) in [4.78, 5) is 34.9. The molecule has 1 amide bonds. The number of amidine groups is 1. The number of rotatable bonds is 8. The number of likely N-dealkylation sites (tertiary alicyclic amines) is 1. The molecule has 35 heavy (non-hydrogen) atoms. The standard InChI is InChI=1S/C27H36N4O3S/c1-18(2)20-8-10-21(11-9-20)25-24(26(33)34-4)19(3)29-27-31(25)22(17-35-27)16-23(32)28-12-15-30-13-6-5-7-14-30/h8-11,17-18,25H,5-7,12-16H2,1-4H3,(H,28,32)/t25-/m0/s1. The van der Waals surface area contributed by atoms with Gasteiger partial charge < -0.3 is 19.9 Å². The minimum Gasteiger partial charge on any atom is -0.466 e. The number of nitrogens with one attached hydrogen (secondary N) is 1. The van der Waals surface area contributed by atoms with Crippen molar-refractivity contribution in [1.82, 2.24) is 15.1 Å². The van der Waals surface area contributed by atoms with E-state index in [1.165, 1.54) is 43.7 Å². The zero-order chi connectivity index (χ0) is 24.9. The van der Waals surface area contributed by atoms with Gasteiger partial charge in [-0.05, 0) is 55.3 Å². The molecule has 1 aromatic carbocycles. The van der Waals surface area contributed by atoms with Gasteiger partial charge in [-0.2, -0.15) is 0 Å². The lowest BCUT2D eigenvalue weighted by atomic mass is 9.92. The highest BCUT2D eigenvalue weighted by atomic mass is 32.2. The van der Waals surface area contributed by atoms with Gasteiger partial charge in [0, 0.05) is 18.8 Å². The van der Waals surface area contributed by atoms with E-state index < -0.39 is 12.0 Å². The number of nitrogens with zero attached hydrogens (tertiary/aromatic N) is 3. The van der Waals surface area contributed by atoms with Gasteiger partial charge in [0.25, 0.3) is 0 Å². The second kappa shape index (κ2) is 11.4. The van der Waals surface area contributed by atoms with Crippen LogP contribution in [-0.4, -0.2) is 60.1 Å². The number of carbonyl (C=O) groups excluding carboxylic acids is 2. The van der Waals surface area contributed by atoms with E-state index in [0.717, 1.165) is 36.1 Å². The van der Waals surface area contributed by atoms with E-state index in [1.807, 2.05) is 17.2 Å². The van der Waals surface area contributed by atoms with Gasteiger partial charge in [-0.15, -0.1) is 0 Å². The molecule has 1 aromatic rings. The summed E-state index contributed by atoms with van der Waals surface area (Å²) in [5.41, 5.74) is 4.21. The molecule has 4 rings (SSSR count).